The van der Waals surface area contributed by atoms with Crippen molar-refractivity contribution in [2.75, 3.05) is 5.32 Å². The molecule has 0 unspecified atom stereocenters. The molecule has 0 aliphatic carbocycles. The molecule has 3 nitrogen and oxygen atoms in total. The standard InChI is InChI=1S/C15H15BrN2O/c1-11-9-13(5-6-14(11)16)18-15(19)7-4-12-3-2-8-17-10-12/h2-3,5-6,8-10H,4,7H2,1H3,(H,18,19). The molecule has 1 amide bonds. The van der Waals surface area contributed by atoms with E-state index in [1.54, 1.807) is 12.4 Å². The van der Waals surface area contributed by atoms with Gasteiger partial charge < -0.3 is 5.32 Å². The third kappa shape index (κ3) is 4.17. The fourth-order valence-electron chi connectivity index (χ4n) is 1.75. The van der Waals surface area contributed by atoms with Crippen molar-refractivity contribution in [3.63, 3.8) is 0 Å². The molecule has 2 aromatic rings. The van der Waals surface area contributed by atoms with E-state index < -0.39 is 0 Å². The molecule has 0 saturated carbocycles. The molecule has 0 aliphatic rings. The second kappa shape index (κ2) is 6.48. The number of aromatic nitrogens is 1. The summed E-state index contributed by atoms with van der Waals surface area (Å²) in [7, 11) is 0. The Morgan fingerprint density at radius 2 is 2.21 bits per heavy atom. The van der Waals surface area contributed by atoms with Crippen molar-refractivity contribution >= 4 is 27.5 Å². The molecule has 1 aromatic carbocycles. The van der Waals surface area contributed by atoms with E-state index in [9.17, 15) is 4.79 Å². The molecule has 0 aliphatic heterocycles. The highest BCUT2D eigenvalue weighted by molar-refractivity contribution is 9.10. The Labute approximate surface area is 121 Å². The lowest BCUT2D eigenvalue weighted by Crippen LogP contribution is -2.12. The van der Waals surface area contributed by atoms with Crippen LogP contribution in [0.1, 0.15) is 17.5 Å². The summed E-state index contributed by atoms with van der Waals surface area (Å²) < 4.78 is 1.04. The molecule has 2 rings (SSSR count). The highest BCUT2D eigenvalue weighted by Crippen LogP contribution is 2.20. The van der Waals surface area contributed by atoms with E-state index in [1.807, 2.05) is 37.3 Å². The third-order valence-corrected chi connectivity index (χ3v) is 3.69. The summed E-state index contributed by atoms with van der Waals surface area (Å²) in [5.41, 5.74) is 3.01. The van der Waals surface area contributed by atoms with Crippen molar-refractivity contribution in [3.05, 3.63) is 58.3 Å². The SMILES string of the molecule is Cc1cc(NC(=O)CCc2cccnc2)ccc1Br. The maximum absolute atomic E-state index is 11.8. The van der Waals surface area contributed by atoms with Crippen molar-refractivity contribution in [1.82, 2.24) is 4.98 Å². The number of benzene rings is 1. The lowest BCUT2D eigenvalue weighted by molar-refractivity contribution is -0.116. The molecular weight excluding hydrogens is 304 g/mol. The van der Waals surface area contributed by atoms with E-state index in [-0.39, 0.29) is 5.91 Å². The van der Waals surface area contributed by atoms with Crippen LogP contribution in [0.25, 0.3) is 0 Å². The zero-order valence-electron chi connectivity index (χ0n) is 10.7. The fraction of sp³-hybridized carbons (Fsp3) is 0.200. The van der Waals surface area contributed by atoms with Crippen molar-refractivity contribution in [3.8, 4) is 0 Å². The molecular formula is C15H15BrN2O. The van der Waals surface area contributed by atoms with Gasteiger partial charge in [-0.15, -0.1) is 0 Å². The highest BCUT2D eigenvalue weighted by Gasteiger charge is 2.04. The average molecular weight is 319 g/mol. The van der Waals surface area contributed by atoms with Crippen molar-refractivity contribution < 1.29 is 4.79 Å². The molecule has 1 heterocycles. The van der Waals surface area contributed by atoms with E-state index >= 15 is 0 Å². The lowest BCUT2D eigenvalue weighted by Gasteiger charge is -2.07. The Balaban J connectivity index is 1.89. The van der Waals surface area contributed by atoms with Crippen molar-refractivity contribution in [2.24, 2.45) is 0 Å². The van der Waals surface area contributed by atoms with E-state index in [1.165, 1.54) is 0 Å². The summed E-state index contributed by atoms with van der Waals surface area (Å²) in [5, 5.41) is 2.90. The van der Waals surface area contributed by atoms with Gasteiger partial charge in [0.1, 0.15) is 0 Å². The monoisotopic (exact) mass is 318 g/mol. The molecule has 1 N–H and O–H groups in total. The quantitative estimate of drug-likeness (QED) is 0.933. The van der Waals surface area contributed by atoms with Crippen LogP contribution in [0.5, 0.6) is 0 Å². The third-order valence-electron chi connectivity index (χ3n) is 2.81. The number of nitrogens with one attached hydrogen (secondary N) is 1. The maximum Gasteiger partial charge on any atom is 0.224 e. The van der Waals surface area contributed by atoms with Crippen LogP contribution in [0.15, 0.2) is 47.2 Å². The normalized spacial score (nSPS) is 10.2. The van der Waals surface area contributed by atoms with Gasteiger partial charge in [-0.05, 0) is 48.7 Å². The number of pyridine rings is 1. The minimum atomic E-state index is 0.0191. The molecule has 0 spiro atoms. The van der Waals surface area contributed by atoms with Gasteiger partial charge in [-0.3, -0.25) is 9.78 Å². The summed E-state index contributed by atoms with van der Waals surface area (Å²) in [6.07, 6.45) is 4.68. The molecule has 0 fully saturated rings. The number of hydrogen-bond acceptors (Lipinski definition) is 2. The van der Waals surface area contributed by atoms with Crippen molar-refractivity contribution in [2.45, 2.75) is 19.8 Å². The predicted octanol–water partition coefficient (Wildman–Crippen LogP) is 3.72. The van der Waals surface area contributed by atoms with Crippen LogP contribution >= 0.6 is 15.9 Å². The summed E-state index contributed by atoms with van der Waals surface area (Å²) >= 11 is 3.44. The molecule has 0 radical (unpaired) electrons. The second-order valence-corrected chi connectivity index (χ2v) is 5.23. The molecule has 0 atom stereocenters. The first-order valence-electron chi connectivity index (χ1n) is 6.10. The van der Waals surface area contributed by atoms with Crippen molar-refractivity contribution in [1.29, 1.82) is 0 Å². The predicted molar refractivity (Wildman–Crippen MR) is 80.1 cm³/mol. The van der Waals surface area contributed by atoms with Gasteiger partial charge in [0.2, 0.25) is 5.91 Å². The number of aryl methyl sites for hydroxylation is 2. The molecule has 0 bridgehead atoms. The van der Waals surface area contributed by atoms with E-state index in [0.29, 0.717) is 12.8 Å². The molecule has 19 heavy (non-hydrogen) atoms. The zero-order chi connectivity index (χ0) is 13.7. The van der Waals surface area contributed by atoms with Gasteiger partial charge in [0.25, 0.3) is 0 Å². The second-order valence-electron chi connectivity index (χ2n) is 4.37. The number of hydrogen-bond donors (Lipinski definition) is 1. The van der Waals surface area contributed by atoms with Gasteiger partial charge in [-0.1, -0.05) is 22.0 Å². The fourth-order valence-corrected chi connectivity index (χ4v) is 2.00. The highest BCUT2D eigenvalue weighted by atomic mass is 79.9. The van der Waals surface area contributed by atoms with Crippen LogP contribution in [-0.4, -0.2) is 10.9 Å². The van der Waals surface area contributed by atoms with Crippen LogP contribution < -0.4 is 5.32 Å². The Bertz CT molecular complexity index is 570. The number of rotatable bonds is 4. The van der Waals surface area contributed by atoms with Crippen LogP contribution in [0.4, 0.5) is 5.69 Å². The summed E-state index contributed by atoms with van der Waals surface area (Å²) in [6.45, 7) is 2.00. The number of halogens is 1. The summed E-state index contributed by atoms with van der Waals surface area (Å²) in [5.74, 6) is 0.0191. The largest absolute Gasteiger partial charge is 0.326 e. The first-order chi connectivity index (χ1) is 9.15. The molecule has 98 valence electrons. The maximum atomic E-state index is 11.8. The van der Waals surface area contributed by atoms with E-state index in [0.717, 1.165) is 21.3 Å². The lowest BCUT2D eigenvalue weighted by atomic mass is 10.1. The summed E-state index contributed by atoms with van der Waals surface area (Å²) in [4.78, 5) is 15.9. The van der Waals surface area contributed by atoms with Crippen LogP contribution in [0.3, 0.4) is 0 Å². The molecule has 0 saturated heterocycles. The van der Waals surface area contributed by atoms with Crippen LogP contribution in [0, 0.1) is 6.92 Å². The van der Waals surface area contributed by atoms with E-state index in [2.05, 4.69) is 26.2 Å². The summed E-state index contributed by atoms with van der Waals surface area (Å²) in [6, 6.07) is 9.63. The first-order valence-corrected chi connectivity index (χ1v) is 6.89. The minimum absolute atomic E-state index is 0.0191. The first kappa shape index (κ1) is 13.7. The zero-order valence-corrected chi connectivity index (χ0v) is 12.3. The molecule has 4 heteroatoms. The van der Waals surface area contributed by atoms with Crippen LogP contribution in [-0.2, 0) is 11.2 Å². The Morgan fingerprint density at radius 1 is 1.37 bits per heavy atom. The number of carbonyl (C=O) groups excluding carboxylic acids is 1. The smallest absolute Gasteiger partial charge is 0.224 e. The number of nitrogens with zero attached hydrogens (tertiary/aromatic N) is 1. The van der Waals surface area contributed by atoms with Gasteiger partial charge in [0, 0.05) is 29.0 Å². The molecule has 1 aromatic heterocycles. The number of carbonyl (C=O) groups is 1. The number of anilines is 1. The van der Waals surface area contributed by atoms with Gasteiger partial charge in [-0.2, -0.15) is 0 Å². The average Bonchev–Trinajstić information content (AvgIpc) is 2.42. The van der Waals surface area contributed by atoms with Crippen LogP contribution in [0.2, 0.25) is 0 Å². The van der Waals surface area contributed by atoms with Gasteiger partial charge in [0.05, 0.1) is 0 Å². The van der Waals surface area contributed by atoms with Gasteiger partial charge >= 0.3 is 0 Å². The minimum Gasteiger partial charge on any atom is -0.326 e. The Morgan fingerprint density at radius 3 is 2.89 bits per heavy atom. The number of amides is 1. The van der Waals surface area contributed by atoms with E-state index in [4.69, 9.17) is 0 Å². The topological polar surface area (TPSA) is 42.0 Å². The Hall–Kier alpha value is -1.68. The van der Waals surface area contributed by atoms with Gasteiger partial charge in [0.15, 0.2) is 0 Å². The van der Waals surface area contributed by atoms with Gasteiger partial charge in [-0.25, -0.2) is 0 Å². The Kier molecular flexibility index (Phi) is 4.68.